The highest BCUT2D eigenvalue weighted by atomic mass is 79.9. The van der Waals surface area contributed by atoms with Gasteiger partial charge in [0, 0.05) is 10.0 Å². The zero-order valence-corrected chi connectivity index (χ0v) is 18.9. The summed E-state index contributed by atoms with van der Waals surface area (Å²) in [5.41, 5.74) is 4.32. The number of hydrogen-bond donors (Lipinski definition) is 2. The molecule has 30 heavy (non-hydrogen) atoms. The molecule has 0 aromatic heterocycles. The third-order valence-electron chi connectivity index (χ3n) is 4.11. The number of rotatable bonds is 6. The average molecular weight is 507 g/mol. The van der Waals surface area contributed by atoms with E-state index in [4.69, 9.17) is 11.6 Å². The Labute approximate surface area is 188 Å². The number of carbonyl (C=O) groups is 1. The molecule has 0 aliphatic carbocycles. The number of amides is 1. The van der Waals surface area contributed by atoms with Crippen LogP contribution in [0.1, 0.15) is 22.8 Å². The minimum Gasteiger partial charge on any atom is -0.278 e. The Kier molecular flexibility index (Phi) is 6.91. The summed E-state index contributed by atoms with van der Waals surface area (Å²) in [6.07, 6.45) is 0. The van der Waals surface area contributed by atoms with E-state index in [1.807, 2.05) is 24.3 Å². The van der Waals surface area contributed by atoms with Crippen molar-refractivity contribution in [2.45, 2.75) is 11.8 Å². The number of para-hydroxylation sites is 1. The van der Waals surface area contributed by atoms with E-state index in [9.17, 15) is 13.2 Å². The summed E-state index contributed by atoms with van der Waals surface area (Å²) >= 11 is 9.38. The van der Waals surface area contributed by atoms with Crippen LogP contribution in [0.15, 0.2) is 87.3 Å². The van der Waals surface area contributed by atoms with Crippen LogP contribution in [0.2, 0.25) is 5.02 Å². The molecule has 0 saturated carbocycles. The van der Waals surface area contributed by atoms with E-state index in [1.165, 1.54) is 24.3 Å². The monoisotopic (exact) mass is 505 g/mol. The zero-order chi connectivity index (χ0) is 21.7. The van der Waals surface area contributed by atoms with Gasteiger partial charge < -0.3 is 0 Å². The molecule has 0 saturated heterocycles. The molecular formula is C21H17BrClN3O3S. The number of carbonyl (C=O) groups excluding carboxylic acids is 1. The molecule has 6 nitrogen and oxygen atoms in total. The van der Waals surface area contributed by atoms with Crippen molar-refractivity contribution in [1.82, 2.24) is 5.43 Å². The number of nitrogens with zero attached hydrogens (tertiary/aromatic N) is 1. The van der Waals surface area contributed by atoms with Gasteiger partial charge in [-0.1, -0.05) is 57.9 Å². The fraction of sp³-hybridized carbons (Fsp3) is 0.0476. The topological polar surface area (TPSA) is 87.6 Å². The lowest BCUT2D eigenvalue weighted by Gasteiger charge is -2.10. The summed E-state index contributed by atoms with van der Waals surface area (Å²) in [5.74, 6) is -0.527. The fourth-order valence-corrected chi connectivity index (χ4v) is 4.14. The van der Waals surface area contributed by atoms with Gasteiger partial charge in [-0.15, -0.1) is 0 Å². The Morgan fingerprint density at radius 2 is 1.67 bits per heavy atom. The predicted octanol–water partition coefficient (Wildman–Crippen LogP) is 5.06. The first-order chi connectivity index (χ1) is 14.3. The molecule has 2 N–H and O–H groups in total. The van der Waals surface area contributed by atoms with Gasteiger partial charge in [0.15, 0.2) is 0 Å². The Morgan fingerprint density at radius 3 is 2.37 bits per heavy atom. The summed E-state index contributed by atoms with van der Waals surface area (Å²) < 4.78 is 28.7. The number of benzene rings is 3. The fourth-order valence-electron chi connectivity index (χ4n) is 2.51. The van der Waals surface area contributed by atoms with E-state index < -0.39 is 15.9 Å². The van der Waals surface area contributed by atoms with Gasteiger partial charge in [0.25, 0.3) is 15.9 Å². The first-order valence-electron chi connectivity index (χ1n) is 8.74. The van der Waals surface area contributed by atoms with Crippen molar-refractivity contribution in [2.24, 2.45) is 5.10 Å². The van der Waals surface area contributed by atoms with E-state index >= 15 is 0 Å². The molecule has 0 heterocycles. The van der Waals surface area contributed by atoms with Gasteiger partial charge in [0.2, 0.25) is 0 Å². The van der Waals surface area contributed by atoms with Crippen LogP contribution in [0.3, 0.4) is 0 Å². The minimum atomic E-state index is -3.92. The van der Waals surface area contributed by atoms with Gasteiger partial charge in [-0.2, -0.15) is 5.10 Å². The lowest BCUT2D eigenvalue weighted by atomic mass is 10.1. The molecular weight excluding hydrogens is 490 g/mol. The Hall–Kier alpha value is -2.68. The third-order valence-corrected chi connectivity index (χ3v) is 6.33. The molecule has 3 rings (SSSR count). The smallest absolute Gasteiger partial charge is 0.271 e. The Balaban J connectivity index is 1.77. The maximum Gasteiger partial charge on any atom is 0.271 e. The summed E-state index contributed by atoms with van der Waals surface area (Å²) in [5, 5.41) is 4.36. The van der Waals surface area contributed by atoms with E-state index in [0.717, 1.165) is 10.0 Å². The standard InChI is InChI=1S/C21H17BrClN3O3S/c1-14(15-9-11-17(22)12-10-15)24-25-21(27)16-5-4-6-18(13-16)30(28,29)26-20-8-3-2-7-19(20)23/h2-13,26H,1H3,(H,25,27)/b24-14-. The first kappa shape index (κ1) is 22.0. The molecule has 3 aromatic rings. The molecule has 1 amide bonds. The number of hydrogen-bond acceptors (Lipinski definition) is 4. The van der Waals surface area contributed by atoms with Gasteiger partial charge in [0.05, 0.1) is 21.3 Å². The molecule has 0 fully saturated rings. The molecule has 0 bridgehead atoms. The van der Waals surface area contributed by atoms with Crippen LogP contribution in [-0.4, -0.2) is 20.0 Å². The molecule has 0 radical (unpaired) electrons. The normalized spacial score (nSPS) is 11.8. The number of sulfonamides is 1. The van der Waals surface area contributed by atoms with Crippen molar-refractivity contribution >= 4 is 54.9 Å². The SMILES string of the molecule is C/C(=N/NC(=O)c1cccc(S(=O)(=O)Nc2ccccc2Cl)c1)c1ccc(Br)cc1. The lowest BCUT2D eigenvalue weighted by molar-refractivity contribution is 0.0954. The van der Waals surface area contributed by atoms with Crippen molar-refractivity contribution in [3.63, 3.8) is 0 Å². The van der Waals surface area contributed by atoms with Crippen molar-refractivity contribution in [2.75, 3.05) is 4.72 Å². The van der Waals surface area contributed by atoms with Crippen molar-refractivity contribution in [1.29, 1.82) is 0 Å². The number of nitrogens with one attached hydrogen (secondary N) is 2. The van der Waals surface area contributed by atoms with Crippen LogP contribution < -0.4 is 10.1 Å². The second-order valence-corrected chi connectivity index (χ2v) is 9.26. The first-order valence-corrected chi connectivity index (χ1v) is 11.4. The number of anilines is 1. The van der Waals surface area contributed by atoms with Crippen molar-refractivity contribution in [3.05, 3.63) is 93.4 Å². The molecule has 0 unspecified atom stereocenters. The summed E-state index contributed by atoms with van der Waals surface area (Å²) in [6.45, 7) is 1.76. The minimum absolute atomic E-state index is 0.0660. The van der Waals surface area contributed by atoms with E-state index in [1.54, 1.807) is 31.2 Å². The highest BCUT2D eigenvalue weighted by molar-refractivity contribution is 9.10. The summed E-state index contributed by atoms with van der Waals surface area (Å²) in [4.78, 5) is 12.4. The predicted molar refractivity (Wildman–Crippen MR) is 123 cm³/mol. The lowest BCUT2D eigenvalue weighted by Crippen LogP contribution is -2.20. The molecule has 0 atom stereocenters. The molecule has 154 valence electrons. The zero-order valence-electron chi connectivity index (χ0n) is 15.8. The highest BCUT2D eigenvalue weighted by Crippen LogP contribution is 2.24. The van der Waals surface area contributed by atoms with Gasteiger partial charge >= 0.3 is 0 Å². The van der Waals surface area contributed by atoms with E-state index in [-0.39, 0.29) is 21.2 Å². The van der Waals surface area contributed by atoms with E-state index in [2.05, 4.69) is 31.2 Å². The van der Waals surface area contributed by atoms with Crippen LogP contribution in [0.25, 0.3) is 0 Å². The number of hydrazone groups is 1. The quantitative estimate of drug-likeness (QED) is 0.362. The van der Waals surface area contributed by atoms with Crippen LogP contribution in [0.4, 0.5) is 5.69 Å². The second kappa shape index (κ2) is 9.42. The highest BCUT2D eigenvalue weighted by Gasteiger charge is 2.17. The summed E-state index contributed by atoms with van der Waals surface area (Å²) in [7, 11) is -3.92. The Morgan fingerprint density at radius 1 is 0.967 bits per heavy atom. The van der Waals surface area contributed by atoms with Crippen LogP contribution in [-0.2, 0) is 10.0 Å². The summed E-state index contributed by atoms with van der Waals surface area (Å²) in [6, 6.07) is 19.6. The van der Waals surface area contributed by atoms with Crippen molar-refractivity contribution in [3.8, 4) is 0 Å². The maximum atomic E-state index is 12.7. The van der Waals surface area contributed by atoms with Crippen molar-refractivity contribution < 1.29 is 13.2 Å². The van der Waals surface area contributed by atoms with Crippen LogP contribution >= 0.6 is 27.5 Å². The molecule has 0 aliphatic rings. The van der Waals surface area contributed by atoms with Crippen LogP contribution in [0.5, 0.6) is 0 Å². The van der Waals surface area contributed by atoms with Gasteiger partial charge in [-0.25, -0.2) is 13.8 Å². The van der Waals surface area contributed by atoms with Gasteiger partial charge in [-0.05, 0) is 55.0 Å². The average Bonchev–Trinajstić information content (AvgIpc) is 2.74. The molecule has 0 spiro atoms. The maximum absolute atomic E-state index is 12.7. The molecule has 3 aromatic carbocycles. The third kappa shape index (κ3) is 5.47. The largest absolute Gasteiger partial charge is 0.278 e. The Bertz CT molecular complexity index is 1210. The van der Waals surface area contributed by atoms with E-state index in [0.29, 0.717) is 5.71 Å². The van der Waals surface area contributed by atoms with Gasteiger partial charge in [0.1, 0.15) is 0 Å². The molecule has 0 aliphatic heterocycles. The van der Waals surface area contributed by atoms with Gasteiger partial charge in [-0.3, -0.25) is 9.52 Å². The van der Waals surface area contributed by atoms with Crippen LogP contribution in [0, 0.1) is 0 Å². The molecule has 9 heteroatoms. The number of halogens is 2. The second-order valence-electron chi connectivity index (χ2n) is 6.26.